The largest absolute Gasteiger partial charge is 0.313 e. The topological polar surface area (TPSA) is 42.0 Å². The molecule has 1 unspecified atom stereocenters. The van der Waals surface area contributed by atoms with E-state index in [0.29, 0.717) is 5.25 Å². The third-order valence-electron chi connectivity index (χ3n) is 2.66. The van der Waals surface area contributed by atoms with Crippen molar-refractivity contribution in [1.29, 1.82) is 0 Å². The van der Waals surface area contributed by atoms with E-state index in [1.807, 2.05) is 18.2 Å². The van der Waals surface area contributed by atoms with E-state index < -0.39 is 0 Å². The van der Waals surface area contributed by atoms with E-state index in [4.69, 9.17) is 0 Å². The number of hydrogen-bond acceptors (Lipinski definition) is 4. The van der Waals surface area contributed by atoms with E-state index >= 15 is 0 Å². The number of pyridine rings is 1. The molecule has 1 saturated heterocycles. The molecule has 1 aromatic rings. The van der Waals surface area contributed by atoms with Crippen LogP contribution in [0.15, 0.2) is 30.0 Å². The van der Waals surface area contributed by atoms with Gasteiger partial charge in [-0.15, -0.1) is 0 Å². The first-order valence-electron chi connectivity index (χ1n) is 5.75. The summed E-state index contributed by atoms with van der Waals surface area (Å²) in [5.74, 6) is 0. The minimum absolute atomic E-state index is 0.184. The Morgan fingerprint density at radius 2 is 2.47 bits per heavy atom. The van der Waals surface area contributed by atoms with Gasteiger partial charge < -0.3 is 5.32 Å². The third kappa shape index (κ3) is 3.68. The van der Waals surface area contributed by atoms with Crippen LogP contribution in [0.2, 0.25) is 0 Å². The molecule has 17 heavy (non-hydrogen) atoms. The fourth-order valence-corrected chi connectivity index (χ4v) is 2.83. The molecule has 1 atom stereocenters. The summed E-state index contributed by atoms with van der Waals surface area (Å²) >= 11 is 1.43. The van der Waals surface area contributed by atoms with Crippen molar-refractivity contribution in [3.63, 3.8) is 0 Å². The molecule has 4 heteroatoms. The van der Waals surface area contributed by atoms with Crippen molar-refractivity contribution in [2.45, 2.75) is 18.6 Å². The second kappa shape index (κ2) is 5.98. The van der Waals surface area contributed by atoms with Crippen LogP contribution < -0.4 is 5.32 Å². The van der Waals surface area contributed by atoms with E-state index in [9.17, 15) is 4.79 Å². The van der Waals surface area contributed by atoms with Crippen LogP contribution in [0.25, 0.3) is 6.08 Å². The van der Waals surface area contributed by atoms with Crippen LogP contribution in [0, 0.1) is 0 Å². The number of aromatic nitrogens is 1. The Hall–Kier alpha value is -1.13. The van der Waals surface area contributed by atoms with Crippen LogP contribution in [0.4, 0.5) is 0 Å². The molecule has 0 radical (unpaired) electrons. The van der Waals surface area contributed by atoms with Gasteiger partial charge in [-0.25, -0.2) is 0 Å². The highest BCUT2D eigenvalue weighted by molar-refractivity contribution is 8.14. The van der Waals surface area contributed by atoms with Crippen molar-refractivity contribution in [3.8, 4) is 0 Å². The summed E-state index contributed by atoms with van der Waals surface area (Å²) in [6.07, 6.45) is 4.88. The van der Waals surface area contributed by atoms with Gasteiger partial charge in [-0.3, -0.25) is 9.78 Å². The zero-order valence-electron chi connectivity index (χ0n) is 9.85. The molecule has 1 fully saturated rings. The molecule has 0 aliphatic carbocycles. The average Bonchev–Trinajstić information content (AvgIpc) is 2.32. The molecule has 0 aromatic carbocycles. The fraction of sp³-hybridized carbons (Fsp3) is 0.385. The number of carbonyl (C=O) groups is 1. The van der Waals surface area contributed by atoms with Crippen LogP contribution in [0.1, 0.15) is 19.0 Å². The first-order valence-corrected chi connectivity index (χ1v) is 6.63. The molecule has 1 aliphatic heterocycles. The van der Waals surface area contributed by atoms with Crippen molar-refractivity contribution in [1.82, 2.24) is 10.3 Å². The van der Waals surface area contributed by atoms with E-state index in [1.165, 1.54) is 17.3 Å². The molecule has 2 heterocycles. The summed E-state index contributed by atoms with van der Waals surface area (Å²) in [4.78, 5) is 15.5. The van der Waals surface area contributed by atoms with Crippen molar-refractivity contribution < 1.29 is 4.79 Å². The first kappa shape index (κ1) is 12.3. The SMILES string of the molecule is CC(=O)SC1CCNC/C1=C\c1ccccn1. The van der Waals surface area contributed by atoms with Crippen LogP contribution in [-0.4, -0.2) is 28.4 Å². The molecule has 0 bridgehead atoms. The van der Waals surface area contributed by atoms with Crippen LogP contribution in [0.5, 0.6) is 0 Å². The van der Waals surface area contributed by atoms with Crippen molar-refractivity contribution >= 4 is 23.0 Å². The van der Waals surface area contributed by atoms with Gasteiger partial charge in [-0.2, -0.15) is 0 Å². The second-order valence-corrected chi connectivity index (χ2v) is 5.42. The molecular formula is C13H16N2OS. The number of piperidine rings is 1. The lowest BCUT2D eigenvalue weighted by Gasteiger charge is -2.24. The van der Waals surface area contributed by atoms with Crippen molar-refractivity contribution in [3.05, 3.63) is 35.7 Å². The van der Waals surface area contributed by atoms with Gasteiger partial charge >= 0.3 is 0 Å². The van der Waals surface area contributed by atoms with Gasteiger partial charge in [0.15, 0.2) is 5.12 Å². The van der Waals surface area contributed by atoms with E-state index in [-0.39, 0.29) is 5.12 Å². The van der Waals surface area contributed by atoms with Gasteiger partial charge in [-0.1, -0.05) is 17.8 Å². The van der Waals surface area contributed by atoms with Gasteiger partial charge in [0.05, 0.1) is 5.69 Å². The van der Waals surface area contributed by atoms with Gasteiger partial charge in [0, 0.05) is 24.9 Å². The predicted octanol–water partition coefficient (Wildman–Crippen LogP) is 2.11. The molecular weight excluding hydrogens is 232 g/mol. The minimum Gasteiger partial charge on any atom is -0.313 e. The fourth-order valence-electron chi connectivity index (χ4n) is 1.90. The average molecular weight is 248 g/mol. The molecule has 90 valence electrons. The lowest BCUT2D eigenvalue weighted by atomic mass is 10.0. The standard InChI is InChI=1S/C13H16N2OS/c1-10(16)17-13-5-7-14-9-11(13)8-12-4-2-3-6-15-12/h2-4,6,8,13-14H,5,7,9H2,1H3/b11-8+. The maximum atomic E-state index is 11.2. The van der Waals surface area contributed by atoms with Gasteiger partial charge in [-0.05, 0) is 36.7 Å². The molecule has 1 N–H and O–H groups in total. The summed E-state index contributed by atoms with van der Waals surface area (Å²) in [5.41, 5.74) is 2.22. The normalized spacial score (nSPS) is 22.6. The molecule has 0 saturated carbocycles. The minimum atomic E-state index is 0.184. The zero-order chi connectivity index (χ0) is 12.1. The van der Waals surface area contributed by atoms with Crippen LogP contribution in [-0.2, 0) is 4.79 Å². The highest BCUT2D eigenvalue weighted by Gasteiger charge is 2.20. The highest BCUT2D eigenvalue weighted by atomic mass is 32.2. The molecule has 1 aliphatic rings. The number of carbonyl (C=O) groups excluding carboxylic acids is 1. The zero-order valence-corrected chi connectivity index (χ0v) is 10.7. The number of thioether (sulfide) groups is 1. The van der Waals surface area contributed by atoms with Gasteiger partial charge in [0.2, 0.25) is 0 Å². The van der Waals surface area contributed by atoms with E-state index in [0.717, 1.165) is 25.2 Å². The Morgan fingerprint density at radius 3 is 3.18 bits per heavy atom. The monoisotopic (exact) mass is 248 g/mol. The Labute approximate surface area is 106 Å². The highest BCUT2D eigenvalue weighted by Crippen LogP contribution is 2.26. The number of nitrogens with zero attached hydrogens (tertiary/aromatic N) is 1. The number of nitrogens with one attached hydrogen (secondary N) is 1. The molecule has 1 aromatic heterocycles. The number of rotatable bonds is 2. The Morgan fingerprint density at radius 1 is 1.59 bits per heavy atom. The Kier molecular flexibility index (Phi) is 4.34. The maximum absolute atomic E-state index is 11.2. The summed E-state index contributed by atoms with van der Waals surface area (Å²) in [5, 5.41) is 3.82. The summed E-state index contributed by atoms with van der Waals surface area (Å²) in [6.45, 7) is 3.46. The van der Waals surface area contributed by atoms with E-state index in [1.54, 1.807) is 13.1 Å². The first-order chi connectivity index (χ1) is 8.25. The lowest BCUT2D eigenvalue weighted by Crippen LogP contribution is -2.32. The Balaban J connectivity index is 2.16. The van der Waals surface area contributed by atoms with Crippen LogP contribution >= 0.6 is 11.8 Å². The molecule has 0 spiro atoms. The second-order valence-electron chi connectivity index (χ2n) is 4.04. The van der Waals surface area contributed by atoms with Crippen LogP contribution in [0.3, 0.4) is 0 Å². The smallest absolute Gasteiger partial charge is 0.186 e. The summed E-state index contributed by atoms with van der Waals surface area (Å²) in [7, 11) is 0. The quantitative estimate of drug-likeness (QED) is 0.870. The third-order valence-corrected chi connectivity index (χ3v) is 3.81. The van der Waals surface area contributed by atoms with Crippen molar-refractivity contribution in [2.75, 3.05) is 13.1 Å². The van der Waals surface area contributed by atoms with E-state index in [2.05, 4.69) is 16.4 Å². The molecule has 3 nitrogen and oxygen atoms in total. The molecule has 0 amide bonds. The summed E-state index contributed by atoms with van der Waals surface area (Å²) < 4.78 is 0. The maximum Gasteiger partial charge on any atom is 0.186 e. The van der Waals surface area contributed by atoms with Gasteiger partial charge in [0.1, 0.15) is 0 Å². The predicted molar refractivity (Wildman–Crippen MR) is 71.8 cm³/mol. The Bertz CT molecular complexity index is 417. The van der Waals surface area contributed by atoms with Gasteiger partial charge in [0.25, 0.3) is 0 Å². The molecule has 2 rings (SSSR count). The summed E-state index contributed by atoms with van der Waals surface area (Å²) in [6, 6.07) is 5.86. The van der Waals surface area contributed by atoms with Crippen molar-refractivity contribution in [2.24, 2.45) is 0 Å². The lowest BCUT2D eigenvalue weighted by molar-refractivity contribution is -0.109. The number of hydrogen-bond donors (Lipinski definition) is 1.